The van der Waals surface area contributed by atoms with Crippen molar-refractivity contribution in [1.29, 1.82) is 0 Å². The zero-order valence-electron chi connectivity index (χ0n) is 29.2. The van der Waals surface area contributed by atoms with Gasteiger partial charge in [0.15, 0.2) is 0 Å². The van der Waals surface area contributed by atoms with Crippen LogP contribution in [0.3, 0.4) is 0 Å². The molecule has 10 nitrogen and oxygen atoms in total. The van der Waals surface area contributed by atoms with Crippen LogP contribution < -0.4 is 24.8 Å². The summed E-state index contributed by atoms with van der Waals surface area (Å²) in [6.45, 7) is 3.78. The van der Waals surface area contributed by atoms with Gasteiger partial charge in [-0.1, -0.05) is 54.1 Å². The molecule has 1 fully saturated rings. The molecule has 2 aliphatic carbocycles. The molecule has 0 bridgehead atoms. The summed E-state index contributed by atoms with van der Waals surface area (Å²) >= 11 is 7.09. The number of benzene rings is 2. The third-order valence-electron chi connectivity index (χ3n) is 9.53. The van der Waals surface area contributed by atoms with E-state index >= 15 is 0 Å². The number of aromatic nitrogens is 2. The molecule has 4 aromatic rings. The van der Waals surface area contributed by atoms with E-state index in [1.54, 1.807) is 7.11 Å². The Labute approximate surface area is 304 Å². The standard InChI is InChI=1S/C38H40ClF3N4O6/c1-36(19-37(2,49)20-36)44-17-21-11-13-29(45-33(21)50-3)27-10-6-9-26(32(27)39)23-7-5-8-25-24(23)12-14-30(25)52-35-28(38(40,41)42)15-22(34(46-35)51-4)16-43-18-31(47)48/h5-11,13,15,30,43-44,49H,12,14,16-20H2,1-4H3,(H,47,48)/t30-,36-,37-/m0/s1. The highest BCUT2D eigenvalue weighted by Gasteiger charge is 2.47. The zero-order chi connectivity index (χ0) is 37.4. The molecule has 0 unspecified atom stereocenters. The molecule has 0 spiro atoms. The van der Waals surface area contributed by atoms with E-state index in [9.17, 15) is 23.1 Å². The van der Waals surface area contributed by atoms with E-state index in [0.29, 0.717) is 54.4 Å². The Morgan fingerprint density at radius 1 is 0.942 bits per heavy atom. The maximum Gasteiger partial charge on any atom is 0.421 e. The second-order valence-corrected chi connectivity index (χ2v) is 14.2. The van der Waals surface area contributed by atoms with Crippen LogP contribution in [0.25, 0.3) is 22.4 Å². The molecule has 4 N–H and O–H groups in total. The summed E-state index contributed by atoms with van der Waals surface area (Å²) in [5.41, 5.74) is 3.46. The van der Waals surface area contributed by atoms with E-state index in [2.05, 4.69) is 22.5 Å². The van der Waals surface area contributed by atoms with Crippen LogP contribution in [0.5, 0.6) is 17.6 Å². The van der Waals surface area contributed by atoms with Crippen LogP contribution >= 0.6 is 11.6 Å². The van der Waals surface area contributed by atoms with Crippen LogP contribution in [0.2, 0.25) is 5.02 Å². The average Bonchev–Trinajstić information content (AvgIpc) is 3.49. The molecule has 0 radical (unpaired) electrons. The number of aliphatic carboxylic acids is 1. The molecule has 14 heteroatoms. The normalized spacial score (nSPS) is 21.0. The maximum absolute atomic E-state index is 14.3. The molecule has 0 amide bonds. The van der Waals surface area contributed by atoms with Crippen LogP contribution in [0.4, 0.5) is 13.2 Å². The lowest BCUT2D eigenvalue weighted by Crippen LogP contribution is -2.60. The number of carboxylic acids is 1. The van der Waals surface area contributed by atoms with Gasteiger partial charge < -0.3 is 35.1 Å². The lowest BCUT2D eigenvalue weighted by molar-refractivity contribution is -0.140. The molecule has 2 aromatic heterocycles. The highest BCUT2D eigenvalue weighted by Crippen LogP contribution is 2.46. The molecular formula is C38H40ClF3N4O6. The van der Waals surface area contributed by atoms with Gasteiger partial charge in [-0.05, 0) is 68.4 Å². The minimum atomic E-state index is -4.80. The first kappa shape index (κ1) is 37.3. The third kappa shape index (κ3) is 7.82. The highest BCUT2D eigenvalue weighted by atomic mass is 35.5. The number of fused-ring (bicyclic) bond motifs is 1. The number of nitrogens with one attached hydrogen (secondary N) is 2. The molecule has 6 rings (SSSR count). The van der Waals surface area contributed by atoms with E-state index in [1.807, 2.05) is 55.5 Å². The Bertz CT molecular complexity index is 1980. The van der Waals surface area contributed by atoms with Crippen LogP contribution in [-0.2, 0) is 30.5 Å². The fraction of sp³-hybridized carbons (Fsp3) is 0.395. The number of rotatable bonds is 13. The molecule has 2 aliphatic rings. The Balaban J connectivity index is 1.27. The number of nitrogens with zero attached hydrogens (tertiary/aromatic N) is 2. The van der Waals surface area contributed by atoms with Crippen molar-refractivity contribution >= 4 is 17.6 Å². The predicted octanol–water partition coefficient (Wildman–Crippen LogP) is 7.13. The number of pyridine rings is 2. The molecule has 2 aromatic carbocycles. The first-order valence-corrected chi connectivity index (χ1v) is 17.2. The van der Waals surface area contributed by atoms with Gasteiger partial charge in [0.25, 0.3) is 0 Å². The Hall–Kier alpha value is -4.43. The number of ether oxygens (including phenoxy) is 3. The summed E-state index contributed by atoms with van der Waals surface area (Å²) in [5, 5.41) is 25.7. The Morgan fingerprint density at radius 3 is 2.29 bits per heavy atom. The number of halogens is 4. The van der Waals surface area contributed by atoms with Crippen molar-refractivity contribution in [3.63, 3.8) is 0 Å². The molecule has 0 saturated heterocycles. The third-order valence-corrected chi connectivity index (χ3v) is 9.94. The van der Waals surface area contributed by atoms with Crippen LogP contribution in [0.1, 0.15) is 67.0 Å². The minimum absolute atomic E-state index is 0.0451. The van der Waals surface area contributed by atoms with E-state index in [1.165, 1.54) is 7.11 Å². The SMILES string of the molecule is COc1nc(-c2cccc(-c3cccc4c3CC[C@@H]4Oc3nc(OC)c(CNCC(=O)O)cc3C(F)(F)F)c2Cl)ccc1CN[C@]1(C)C[C@@](C)(O)C1. The lowest BCUT2D eigenvalue weighted by Gasteiger charge is -2.50. The molecule has 2 heterocycles. The quantitative estimate of drug-likeness (QED) is 0.112. The number of hydrogen-bond donors (Lipinski definition) is 4. The Kier molecular flexibility index (Phi) is 10.4. The number of hydrogen-bond acceptors (Lipinski definition) is 9. The van der Waals surface area contributed by atoms with Crippen molar-refractivity contribution in [2.24, 2.45) is 0 Å². The first-order valence-electron chi connectivity index (χ1n) is 16.8. The molecule has 1 saturated carbocycles. The largest absolute Gasteiger partial charge is 0.481 e. The van der Waals surface area contributed by atoms with Crippen molar-refractivity contribution in [2.45, 2.75) is 76.0 Å². The molecule has 276 valence electrons. The summed E-state index contributed by atoms with van der Waals surface area (Å²) in [7, 11) is 2.84. The lowest BCUT2D eigenvalue weighted by atomic mass is 9.67. The summed E-state index contributed by atoms with van der Waals surface area (Å²) in [6.07, 6.45) is -3.31. The van der Waals surface area contributed by atoms with Gasteiger partial charge in [-0.15, -0.1) is 0 Å². The zero-order valence-corrected chi connectivity index (χ0v) is 29.9. The Morgan fingerprint density at radius 2 is 1.62 bits per heavy atom. The molecule has 0 aliphatic heterocycles. The van der Waals surface area contributed by atoms with Crippen LogP contribution in [0.15, 0.2) is 54.6 Å². The first-order chi connectivity index (χ1) is 24.6. The molecular weight excluding hydrogens is 701 g/mol. The topological polar surface area (TPSA) is 135 Å². The van der Waals surface area contributed by atoms with Gasteiger partial charge in [-0.2, -0.15) is 18.2 Å². The summed E-state index contributed by atoms with van der Waals surface area (Å²) in [4.78, 5) is 19.8. The van der Waals surface area contributed by atoms with Crippen molar-refractivity contribution in [2.75, 3.05) is 20.8 Å². The van der Waals surface area contributed by atoms with Gasteiger partial charge in [-0.25, -0.2) is 4.98 Å². The van der Waals surface area contributed by atoms with Crippen LogP contribution in [-0.4, -0.2) is 58.1 Å². The maximum atomic E-state index is 14.3. The van der Waals surface area contributed by atoms with E-state index in [0.717, 1.165) is 33.9 Å². The van der Waals surface area contributed by atoms with Crippen molar-refractivity contribution < 1.29 is 42.4 Å². The monoisotopic (exact) mass is 740 g/mol. The van der Waals surface area contributed by atoms with Gasteiger partial charge in [0.1, 0.15) is 11.7 Å². The van der Waals surface area contributed by atoms with Crippen molar-refractivity contribution in [3.05, 3.63) is 87.4 Å². The van der Waals surface area contributed by atoms with E-state index in [4.69, 9.17) is 35.9 Å². The second-order valence-electron chi connectivity index (χ2n) is 13.8. The summed E-state index contributed by atoms with van der Waals surface area (Å²) in [6, 6.07) is 15.9. The number of carbonyl (C=O) groups is 1. The average molecular weight is 741 g/mol. The summed E-state index contributed by atoms with van der Waals surface area (Å²) < 4.78 is 59.7. The van der Waals surface area contributed by atoms with Gasteiger partial charge in [0, 0.05) is 40.9 Å². The van der Waals surface area contributed by atoms with Crippen LogP contribution in [0, 0.1) is 0 Å². The smallest absolute Gasteiger partial charge is 0.421 e. The van der Waals surface area contributed by atoms with Gasteiger partial charge >= 0.3 is 12.1 Å². The highest BCUT2D eigenvalue weighted by molar-refractivity contribution is 6.36. The minimum Gasteiger partial charge on any atom is -0.481 e. The van der Waals surface area contributed by atoms with Gasteiger partial charge in [0.2, 0.25) is 17.6 Å². The number of aliphatic hydroxyl groups is 1. The van der Waals surface area contributed by atoms with Crippen molar-refractivity contribution in [3.8, 4) is 40.0 Å². The molecule has 1 atom stereocenters. The van der Waals surface area contributed by atoms with E-state index in [-0.39, 0.29) is 23.5 Å². The number of alkyl halides is 3. The van der Waals surface area contributed by atoms with Crippen molar-refractivity contribution in [1.82, 2.24) is 20.6 Å². The number of carboxylic acid groups (broad SMARTS) is 1. The van der Waals surface area contributed by atoms with Gasteiger partial charge in [0.05, 0.1) is 37.1 Å². The second kappa shape index (κ2) is 14.5. The number of methoxy groups -OCH3 is 2. The fourth-order valence-electron chi connectivity index (χ4n) is 7.48. The molecule has 52 heavy (non-hydrogen) atoms. The fourth-order valence-corrected chi connectivity index (χ4v) is 7.80. The summed E-state index contributed by atoms with van der Waals surface area (Å²) in [5.74, 6) is -1.43. The van der Waals surface area contributed by atoms with Gasteiger partial charge in [-0.3, -0.25) is 4.79 Å². The predicted molar refractivity (Wildman–Crippen MR) is 189 cm³/mol. The van der Waals surface area contributed by atoms with E-state index < -0.39 is 41.8 Å².